The van der Waals surface area contributed by atoms with E-state index in [1.165, 1.54) is 0 Å². The van der Waals surface area contributed by atoms with Gasteiger partial charge in [-0.1, -0.05) is 42.5 Å². The summed E-state index contributed by atoms with van der Waals surface area (Å²) in [5.41, 5.74) is 8.11. The van der Waals surface area contributed by atoms with Gasteiger partial charge in [-0.15, -0.1) is 0 Å². The highest BCUT2D eigenvalue weighted by molar-refractivity contribution is 5.84. The molecule has 126 valence electrons. The summed E-state index contributed by atoms with van der Waals surface area (Å²) in [7, 11) is 0. The number of nitrogens with zero attached hydrogens (tertiary/aromatic N) is 1. The smallest absolute Gasteiger partial charge is 0.244 e. The van der Waals surface area contributed by atoms with Crippen LogP contribution in [-0.4, -0.2) is 10.9 Å². The molecule has 0 bridgehead atoms. The molecule has 1 amide bonds. The number of nitrogens with one attached hydrogen (secondary N) is 1. The molecule has 25 heavy (non-hydrogen) atoms. The SMILES string of the molecule is NC(=O)[C@@H](Nc1cccc(OCc2cccnc2)c1)c1ccccc1. The van der Waals surface area contributed by atoms with Crippen molar-refractivity contribution < 1.29 is 9.53 Å². The summed E-state index contributed by atoms with van der Waals surface area (Å²) in [6.45, 7) is 0.426. The van der Waals surface area contributed by atoms with E-state index in [0.717, 1.165) is 16.8 Å². The van der Waals surface area contributed by atoms with E-state index in [-0.39, 0.29) is 0 Å². The van der Waals surface area contributed by atoms with E-state index in [1.54, 1.807) is 12.4 Å². The fourth-order valence-electron chi connectivity index (χ4n) is 2.46. The minimum Gasteiger partial charge on any atom is -0.489 e. The predicted molar refractivity (Wildman–Crippen MR) is 97.0 cm³/mol. The normalized spacial score (nSPS) is 11.5. The van der Waals surface area contributed by atoms with Gasteiger partial charge in [-0.25, -0.2) is 0 Å². The van der Waals surface area contributed by atoms with Gasteiger partial charge in [0.1, 0.15) is 18.4 Å². The first-order valence-electron chi connectivity index (χ1n) is 7.95. The molecule has 0 spiro atoms. The fraction of sp³-hybridized carbons (Fsp3) is 0.100. The number of carbonyl (C=O) groups excluding carboxylic acids is 1. The lowest BCUT2D eigenvalue weighted by Crippen LogP contribution is -2.27. The minimum absolute atomic E-state index is 0.426. The Balaban J connectivity index is 1.71. The molecule has 5 heteroatoms. The summed E-state index contributed by atoms with van der Waals surface area (Å²) >= 11 is 0. The van der Waals surface area contributed by atoms with Crippen molar-refractivity contribution in [3.63, 3.8) is 0 Å². The van der Waals surface area contributed by atoms with Gasteiger partial charge in [0, 0.05) is 29.7 Å². The fourth-order valence-corrected chi connectivity index (χ4v) is 2.46. The Bertz CT molecular complexity index is 823. The largest absolute Gasteiger partial charge is 0.489 e. The highest BCUT2D eigenvalue weighted by Gasteiger charge is 2.17. The molecule has 0 aliphatic rings. The van der Waals surface area contributed by atoms with Gasteiger partial charge in [0.2, 0.25) is 5.91 Å². The molecule has 1 atom stereocenters. The van der Waals surface area contributed by atoms with E-state index in [2.05, 4.69) is 10.3 Å². The third-order valence-corrected chi connectivity index (χ3v) is 3.69. The number of hydrogen-bond acceptors (Lipinski definition) is 4. The number of benzene rings is 2. The van der Waals surface area contributed by atoms with E-state index in [0.29, 0.717) is 12.4 Å². The van der Waals surface area contributed by atoms with Crippen molar-refractivity contribution >= 4 is 11.6 Å². The van der Waals surface area contributed by atoms with E-state index in [4.69, 9.17) is 10.5 Å². The van der Waals surface area contributed by atoms with Crippen LogP contribution in [0, 0.1) is 0 Å². The number of anilines is 1. The van der Waals surface area contributed by atoms with Crippen molar-refractivity contribution in [3.8, 4) is 5.75 Å². The Morgan fingerprint density at radius 2 is 1.92 bits per heavy atom. The number of primary amides is 1. The number of ether oxygens (including phenoxy) is 1. The van der Waals surface area contributed by atoms with Gasteiger partial charge in [0.05, 0.1) is 0 Å². The standard InChI is InChI=1S/C20H19N3O2/c21-20(24)19(16-7-2-1-3-8-16)23-17-9-4-10-18(12-17)25-14-15-6-5-11-22-13-15/h1-13,19,23H,14H2,(H2,21,24)/t19-/m0/s1. The van der Waals surface area contributed by atoms with Gasteiger partial charge in [-0.2, -0.15) is 0 Å². The van der Waals surface area contributed by atoms with Crippen LogP contribution >= 0.6 is 0 Å². The quantitative estimate of drug-likeness (QED) is 0.695. The highest BCUT2D eigenvalue weighted by Crippen LogP contribution is 2.23. The molecule has 3 N–H and O–H groups in total. The van der Waals surface area contributed by atoms with E-state index in [9.17, 15) is 4.79 Å². The van der Waals surface area contributed by atoms with E-state index < -0.39 is 11.9 Å². The van der Waals surface area contributed by atoms with Crippen LogP contribution in [0.4, 0.5) is 5.69 Å². The molecule has 2 aromatic carbocycles. The van der Waals surface area contributed by atoms with Crippen LogP contribution in [0.25, 0.3) is 0 Å². The Hall–Kier alpha value is -3.34. The molecule has 0 aliphatic carbocycles. The van der Waals surface area contributed by atoms with Gasteiger partial charge in [-0.3, -0.25) is 9.78 Å². The Morgan fingerprint density at radius 1 is 1.08 bits per heavy atom. The zero-order chi connectivity index (χ0) is 17.5. The van der Waals surface area contributed by atoms with Gasteiger partial charge in [0.25, 0.3) is 0 Å². The molecule has 0 unspecified atom stereocenters. The zero-order valence-electron chi connectivity index (χ0n) is 13.6. The molecule has 0 radical (unpaired) electrons. The Labute approximate surface area is 146 Å². The number of hydrogen-bond donors (Lipinski definition) is 2. The van der Waals surface area contributed by atoms with Crippen molar-refractivity contribution in [2.75, 3.05) is 5.32 Å². The highest BCUT2D eigenvalue weighted by atomic mass is 16.5. The number of aromatic nitrogens is 1. The van der Waals surface area contributed by atoms with Crippen LogP contribution in [0.15, 0.2) is 79.1 Å². The lowest BCUT2D eigenvalue weighted by Gasteiger charge is -2.17. The van der Waals surface area contributed by atoms with Gasteiger partial charge >= 0.3 is 0 Å². The van der Waals surface area contributed by atoms with Crippen LogP contribution in [0.1, 0.15) is 17.2 Å². The average molecular weight is 333 g/mol. The monoisotopic (exact) mass is 333 g/mol. The summed E-state index contributed by atoms with van der Waals surface area (Å²) in [4.78, 5) is 15.9. The number of pyridine rings is 1. The second-order valence-corrected chi connectivity index (χ2v) is 5.57. The number of rotatable bonds is 7. The lowest BCUT2D eigenvalue weighted by atomic mass is 10.1. The summed E-state index contributed by atoms with van der Waals surface area (Å²) in [6, 6.07) is 20.0. The van der Waals surface area contributed by atoms with Crippen LogP contribution in [-0.2, 0) is 11.4 Å². The zero-order valence-corrected chi connectivity index (χ0v) is 13.6. The van der Waals surface area contributed by atoms with Crippen molar-refractivity contribution in [2.24, 2.45) is 5.73 Å². The Morgan fingerprint density at radius 3 is 2.64 bits per heavy atom. The summed E-state index contributed by atoms with van der Waals surface area (Å²) in [6.07, 6.45) is 3.49. The summed E-state index contributed by atoms with van der Waals surface area (Å²) in [5, 5.41) is 3.17. The van der Waals surface area contributed by atoms with Crippen LogP contribution in [0.5, 0.6) is 5.75 Å². The topological polar surface area (TPSA) is 77.2 Å². The first-order valence-corrected chi connectivity index (χ1v) is 7.95. The third kappa shape index (κ3) is 4.57. The van der Waals surface area contributed by atoms with Crippen LogP contribution in [0.2, 0.25) is 0 Å². The van der Waals surface area contributed by atoms with E-state index >= 15 is 0 Å². The van der Waals surface area contributed by atoms with Crippen LogP contribution < -0.4 is 15.8 Å². The van der Waals surface area contributed by atoms with Crippen LogP contribution in [0.3, 0.4) is 0 Å². The number of carbonyl (C=O) groups is 1. The molecule has 0 saturated carbocycles. The van der Waals surface area contributed by atoms with Crippen molar-refractivity contribution in [2.45, 2.75) is 12.6 Å². The van der Waals surface area contributed by atoms with Gasteiger partial charge < -0.3 is 15.8 Å². The second kappa shape index (κ2) is 7.97. The molecule has 0 aliphatic heterocycles. The Kier molecular flexibility index (Phi) is 5.26. The molecule has 5 nitrogen and oxygen atoms in total. The predicted octanol–water partition coefficient (Wildman–Crippen LogP) is 3.30. The molecule has 1 aromatic heterocycles. The van der Waals surface area contributed by atoms with Gasteiger partial charge in [0.15, 0.2) is 0 Å². The maximum atomic E-state index is 11.8. The van der Waals surface area contributed by atoms with Gasteiger partial charge in [-0.05, 0) is 23.8 Å². The van der Waals surface area contributed by atoms with E-state index in [1.807, 2.05) is 66.7 Å². The molecule has 3 aromatic rings. The van der Waals surface area contributed by atoms with Crippen molar-refractivity contribution in [3.05, 3.63) is 90.3 Å². The second-order valence-electron chi connectivity index (χ2n) is 5.57. The molecule has 1 heterocycles. The summed E-state index contributed by atoms with van der Waals surface area (Å²) < 4.78 is 5.78. The number of nitrogens with two attached hydrogens (primary N) is 1. The minimum atomic E-state index is -0.602. The first-order chi connectivity index (χ1) is 12.2. The molecule has 0 saturated heterocycles. The maximum Gasteiger partial charge on any atom is 0.244 e. The first kappa shape index (κ1) is 16.5. The summed E-state index contributed by atoms with van der Waals surface area (Å²) in [5.74, 6) is 0.262. The number of amides is 1. The third-order valence-electron chi connectivity index (χ3n) is 3.69. The molecule has 3 rings (SSSR count). The molecular formula is C20H19N3O2. The maximum absolute atomic E-state index is 11.8. The van der Waals surface area contributed by atoms with Crippen molar-refractivity contribution in [1.29, 1.82) is 0 Å². The van der Waals surface area contributed by atoms with Crippen molar-refractivity contribution in [1.82, 2.24) is 4.98 Å². The lowest BCUT2D eigenvalue weighted by molar-refractivity contribution is -0.118. The molecule has 0 fully saturated rings. The average Bonchev–Trinajstić information content (AvgIpc) is 2.66. The molecular weight excluding hydrogens is 314 g/mol.